The lowest BCUT2D eigenvalue weighted by molar-refractivity contribution is 0.0410. The molecule has 0 spiro atoms. The first-order valence-corrected chi connectivity index (χ1v) is 6.13. The van der Waals surface area contributed by atoms with E-state index < -0.39 is 0 Å². The Morgan fingerprint density at radius 2 is 2.12 bits per heavy atom. The van der Waals surface area contributed by atoms with Gasteiger partial charge in [0, 0.05) is 12.4 Å². The van der Waals surface area contributed by atoms with Crippen molar-refractivity contribution in [1.82, 2.24) is 4.98 Å². The quantitative estimate of drug-likeness (QED) is 0.815. The molecule has 0 radical (unpaired) electrons. The van der Waals surface area contributed by atoms with E-state index in [1.807, 2.05) is 0 Å². The molecule has 0 atom stereocenters. The molecule has 1 fully saturated rings. The Kier molecular flexibility index (Phi) is 3.96. The Morgan fingerprint density at radius 1 is 1.35 bits per heavy atom. The molecule has 1 aliphatic carbocycles. The van der Waals surface area contributed by atoms with Crippen molar-refractivity contribution in [2.24, 2.45) is 5.92 Å². The molecule has 2 N–H and O–H groups in total. The molecular weight excluding hydrogens is 216 g/mol. The number of esters is 1. The summed E-state index contributed by atoms with van der Waals surface area (Å²) in [5, 5.41) is 0. The van der Waals surface area contributed by atoms with E-state index in [0.717, 1.165) is 0 Å². The summed E-state index contributed by atoms with van der Waals surface area (Å²) in [5.41, 5.74) is 6.48. The van der Waals surface area contributed by atoms with Crippen LogP contribution in [0.4, 0.5) is 5.69 Å². The number of nitrogen functional groups attached to an aromatic ring is 1. The lowest BCUT2D eigenvalue weighted by Gasteiger charge is -2.20. The van der Waals surface area contributed by atoms with E-state index in [2.05, 4.69) is 4.98 Å². The van der Waals surface area contributed by atoms with Gasteiger partial charge < -0.3 is 10.5 Å². The van der Waals surface area contributed by atoms with Crippen LogP contribution < -0.4 is 5.73 Å². The normalized spacial score (nSPS) is 16.7. The van der Waals surface area contributed by atoms with Crippen molar-refractivity contribution >= 4 is 11.7 Å². The molecule has 0 aliphatic heterocycles. The van der Waals surface area contributed by atoms with Crippen molar-refractivity contribution in [1.29, 1.82) is 0 Å². The number of aromatic nitrogens is 1. The zero-order chi connectivity index (χ0) is 12.1. The van der Waals surface area contributed by atoms with Crippen LogP contribution in [0.2, 0.25) is 0 Å². The van der Waals surface area contributed by atoms with Crippen LogP contribution >= 0.6 is 0 Å². The third-order valence-corrected chi connectivity index (χ3v) is 3.17. The van der Waals surface area contributed by atoms with E-state index in [1.165, 1.54) is 44.5 Å². The second-order valence-electron chi connectivity index (χ2n) is 4.61. The number of carbonyl (C=O) groups is 1. The molecule has 0 saturated heterocycles. The van der Waals surface area contributed by atoms with Gasteiger partial charge in [-0.1, -0.05) is 19.3 Å². The first-order chi connectivity index (χ1) is 8.25. The van der Waals surface area contributed by atoms with Crippen molar-refractivity contribution in [2.75, 3.05) is 12.3 Å². The second kappa shape index (κ2) is 5.66. The molecule has 17 heavy (non-hydrogen) atoms. The molecule has 1 saturated carbocycles. The van der Waals surface area contributed by atoms with Gasteiger partial charge in [0.05, 0.1) is 17.9 Å². The highest BCUT2D eigenvalue weighted by Crippen LogP contribution is 2.23. The predicted molar refractivity (Wildman–Crippen MR) is 65.5 cm³/mol. The number of nitrogens with two attached hydrogens (primary N) is 1. The van der Waals surface area contributed by atoms with E-state index in [-0.39, 0.29) is 5.97 Å². The first kappa shape index (κ1) is 11.9. The Balaban J connectivity index is 1.84. The smallest absolute Gasteiger partial charge is 0.339 e. The van der Waals surface area contributed by atoms with E-state index in [9.17, 15) is 4.79 Å². The number of hydrogen-bond acceptors (Lipinski definition) is 4. The number of nitrogens with zero attached hydrogens (tertiary/aromatic N) is 1. The summed E-state index contributed by atoms with van der Waals surface area (Å²) >= 11 is 0. The zero-order valence-corrected chi connectivity index (χ0v) is 9.89. The molecule has 0 unspecified atom stereocenters. The maximum atomic E-state index is 11.7. The van der Waals surface area contributed by atoms with Crippen LogP contribution in [0.5, 0.6) is 0 Å². The maximum Gasteiger partial charge on any atom is 0.339 e. The molecular formula is C13H18N2O2. The minimum atomic E-state index is -0.324. The minimum absolute atomic E-state index is 0.324. The van der Waals surface area contributed by atoms with Crippen LogP contribution in [0.25, 0.3) is 0 Å². The fraction of sp³-hybridized carbons (Fsp3) is 0.538. The van der Waals surface area contributed by atoms with E-state index in [4.69, 9.17) is 10.5 Å². The number of hydrogen-bond donors (Lipinski definition) is 1. The monoisotopic (exact) mass is 234 g/mol. The van der Waals surface area contributed by atoms with Crippen LogP contribution in [0, 0.1) is 5.92 Å². The van der Waals surface area contributed by atoms with Crippen molar-refractivity contribution < 1.29 is 9.53 Å². The molecule has 0 bridgehead atoms. The third-order valence-electron chi connectivity index (χ3n) is 3.17. The summed E-state index contributed by atoms with van der Waals surface area (Å²) in [5.74, 6) is 0.206. The van der Waals surface area contributed by atoms with Gasteiger partial charge in [-0.2, -0.15) is 0 Å². The molecule has 1 heterocycles. The summed E-state index contributed by atoms with van der Waals surface area (Å²) < 4.78 is 5.29. The summed E-state index contributed by atoms with van der Waals surface area (Å²) in [6.07, 6.45) is 9.15. The molecule has 0 amide bonds. The fourth-order valence-electron chi connectivity index (χ4n) is 2.20. The summed E-state index contributed by atoms with van der Waals surface area (Å²) in [6.45, 7) is 0.521. The van der Waals surface area contributed by atoms with Crippen LogP contribution in [0.3, 0.4) is 0 Å². The first-order valence-electron chi connectivity index (χ1n) is 6.13. The molecule has 4 heteroatoms. The summed E-state index contributed by atoms with van der Waals surface area (Å²) in [4.78, 5) is 15.6. The van der Waals surface area contributed by atoms with Crippen molar-refractivity contribution in [2.45, 2.75) is 32.1 Å². The number of carbonyl (C=O) groups excluding carboxylic acids is 1. The number of pyridine rings is 1. The highest BCUT2D eigenvalue weighted by atomic mass is 16.5. The lowest BCUT2D eigenvalue weighted by Crippen LogP contribution is -2.17. The molecule has 1 aliphatic rings. The van der Waals surface area contributed by atoms with Gasteiger partial charge in [-0.25, -0.2) is 4.79 Å². The molecule has 0 aromatic carbocycles. The fourth-order valence-corrected chi connectivity index (χ4v) is 2.20. The van der Waals surface area contributed by atoms with Gasteiger partial charge in [0.25, 0.3) is 0 Å². The number of rotatable bonds is 3. The van der Waals surface area contributed by atoms with Crippen molar-refractivity contribution in [3.05, 3.63) is 24.0 Å². The zero-order valence-electron chi connectivity index (χ0n) is 9.89. The molecule has 4 nitrogen and oxygen atoms in total. The average Bonchev–Trinajstić information content (AvgIpc) is 2.37. The van der Waals surface area contributed by atoms with Gasteiger partial charge in [-0.3, -0.25) is 4.98 Å². The van der Waals surface area contributed by atoms with Gasteiger partial charge in [0.1, 0.15) is 0 Å². The van der Waals surface area contributed by atoms with Gasteiger partial charge in [-0.15, -0.1) is 0 Å². The van der Waals surface area contributed by atoms with E-state index >= 15 is 0 Å². The van der Waals surface area contributed by atoms with Crippen LogP contribution in [0.15, 0.2) is 18.5 Å². The van der Waals surface area contributed by atoms with Crippen molar-refractivity contribution in [3.63, 3.8) is 0 Å². The maximum absolute atomic E-state index is 11.7. The van der Waals surface area contributed by atoms with Crippen LogP contribution in [0.1, 0.15) is 42.5 Å². The van der Waals surface area contributed by atoms with Crippen LogP contribution in [-0.4, -0.2) is 17.6 Å². The van der Waals surface area contributed by atoms with Gasteiger partial charge >= 0.3 is 5.97 Å². The average molecular weight is 234 g/mol. The largest absolute Gasteiger partial charge is 0.462 e. The van der Waals surface area contributed by atoms with Crippen LogP contribution in [-0.2, 0) is 4.74 Å². The number of anilines is 1. The van der Waals surface area contributed by atoms with E-state index in [1.54, 1.807) is 6.07 Å². The second-order valence-corrected chi connectivity index (χ2v) is 4.61. The minimum Gasteiger partial charge on any atom is -0.462 e. The predicted octanol–water partition coefficient (Wildman–Crippen LogP) is 2.40. The Bertz CT molecular complexity index is 387. The summed E-state index contributed by atoms with van der Waals surface area (Å²) in [6, 6.07) is 1.59. The van der Waals surface area contributed by atoms with Gasteiger partial charge in [-0.05, 0) is 24.8 Å². The van der Waals surface area contributed by atoms with Gasteiger partial charge in [0.15, 0.2) is 0 Å². The molecule has 1 aromatic heterocycles. The molecule has 1 aromatic rings. The molecule has 92 valence electrons. The SMILES string of the molecule is Nc1cncc(C(=O)OCC2CCCCC2)c1. The van der Waals surface area contributed by atoms with Crippen molar-refractivity contribution in [3.8, 4) is 0 Å². The Labute approximate surface area is 101 Å². The Morgan fingerprint density at radius 3 is 2.82 bits per heavy atom. The molecule has 2 rings (SSSR count). The number of ether oxygens (including phenoxy) is 1. The highest BCUT2D eigenvalue weighted by Gasteiger charge is 2.16. The summed E-state index contributed by atoms with van der Waals surface area (Å²) in [7, 11) is 0. The highest BCUT2D eigenvalue weighted by molar-refractivity contribution is 5.89. The third kappa shape index (κ3) is 3.44. The van der Waals surface area contributed by atoms with Gasteiger partial charge in [0.2, 0.25) is 0 Å². The Hall–Kier alpha value is -1.58. The van der Waals surface area contributed by atoms with E-state index in [0.29, 0.717) is 23.8 Å². The topological polar surface area (TPSA) is 65.2 Å². The lowest BCUT2D eigenvalue weighted by atomic mass is 9.90. The standard InChI is InChI=1S/C13H18N2O2/c14-12-6-11(7-15-8-12)13(16)17-9-10-4-2-1-3-5-10/h6-8,10H,1-5,9,14H2.